The number of carbonyl (C=O) groups excluding carboxylic acids is 1. The third kappa shape index (κ3) is 6.67. The van der Waals surface area contributed by atoms with Crippen LogP contribution in [0.4, 0.5) is 11.4 Å². The highest BCUT2D eigenvalue weighted by molar-refractivity contribution is 5.93. The van der Waals surface area contributed by atoms with E-state index in [1.165, 1.54) is 0 Å². The normalized spacial score (nSPS) is 12.8. The van der Waals surface area contributed by atoms with E-state index in [0.717, 1.165) is 33.2 Å². The number of rotatable bonds is 8. The van der Waals surface area contributed by atoms with Crippen molar-refractivity contribution in [3.63, 3.8) is 0 Å². The number of hydrogen-bond acceptors (Lipinski definition) is 6. The highest BCUT2D eigenvalue weighted by atomic mass is 16.1. The predicted molar refractivity (Wildman–Crippen MR) is 146 cm³/mol. The lowest BCUT2D eigenvalue weighted by Crippen LogP contribution is -2.39. The van der Waals surface area contributed by atoms with E-state index in [1.54, 1.807) is 6.20 Å². The third-order valence-corrected chi connectivity index (χ3v) is 5.98. The maximum absolute atomic E-state index is 11.4. The molecule has 35 heavy (non-hydrogen) atoms. The van der Waals surface area contributed by atoms with Crippen LogP contribution in [0.3, 0.4) is 0 Å². The number of nitrogens with one attached hydrogen (secondary N) is 2. The number of nitrogens with zero attached hydrogens (tertiary/aromatic N) is 2. The Morgan fingerprint density at radius 3 is 1.69 bits per heavy atom. The van der Waals surface area contributed by atoms with Crippen molar-refractivity contribution in [2.24, 2.45) is 23.3 Å². The van der Waals surface area contributed by atoms with E-state index in [9.17, 15) is 4.79 Å². The van der Waals surface area contributed by atoms with Crippen LogP contribution < -0.4 is 22.1 Å². The number of aromatic nitrogens is 2. The molecular weight excluding hydrogens is 436 g/mol. The van der Waals surface area contributed by atoms with Gasteiger partial charge in [-0.25, -0.2) is 0 Å². The van der Waals surface area contributed by atoms with Gasteiger partial charge in [-0.3, -0.25) is 14.8 Å². The Morgan fingerprint density at radius 1 is 0.771 bits per heavy atom. The Bertz CT molecular complexity index is 1250. The molecule has 6 N–H and O–H groups in total. The molecule has 184 valence electrons. The van der Waals surface area contributed by atoms with E-state index in [-0.39, 0.29) is 17.9 Å². The fourth-order valence-electron chi connectivity index (χ4n) is 3.87. The van der Waals surface area contributed by atoms with Gasteiger partial charge in [0.1, 0.15) is 6.04 Å². The van der Waals surface area contributed by atoms with E-state index >= 15 is 0 Å². The number of fused-ring (bicyclic) bond motifs is 2. The topological polar surface area (TPSA) is 119 Å². The third-order valence-electron chi connectivity index (χ3n) is 5.98. The molecule has 4 aromatic rings. The van der Waals surface area contributed by atoms with Gasteiger partial charge in [-0.1, -0.05) is 64.1 Å². The van der Waals surface area contributed by atoms with Crippen LogP contribution in [-0.2, 0) is 4.79 Å². The molecule has 0 saturated heterocycles. The van der Waals surface area contributed by atoms with Crippen LogP contribution in [0.15, 0.2) is 73.1 Å². The zero-order chi connectivity index (χ0) is 25.4. The van der Waals surface area contributed by atoms with Crippen molar-refractivity contribution in [3.8, 4) is 0 Å². The molecule has 0 radical (unpaired) electrons. The lowest BCUT2D eigenvalue weighted by Gasteiger charge is -2.22. The first-order valence-corrected chi connectivity index (χ1v) is 12.0. The van der Waals surface area contributed by atoms with Crippen molar-refractivity contribution in [2.45, 2.75) is 39.8 Å². The van der Waals surface area contributed by atoms with Crippen molar-refractivity contribution in [1.82, 2.24) is 9.97 Å². The number of primary amides is 1. The Hall–Kier alpha value is -3.71. The largest absolute Gasteiger partial charge is 0.380 e. The summed E-state index contributed by atoms with van der Waals surface area (Å²) < 4.78 is 0. The van der Waals surface area contributed by atoms with Gasteiger partial charge in [0.25, 0.3) is 0 Å². The second-order valence-electron chi connectivity index (χ2n) is 9.25. The summed E-state index contributed by atoms with van der Waals surface area (Å²) in [7, 11) is 0. The van der Waals surface area contributed by atoms with Gasteiger partial charge in [0.15, 0.2) is 0 Å². The minimum Gasteiger partial charge on any atom is -0.380 e. The SMILES string of the molecule is CC(C)C(CN)Nc1ccnc2ccccc12.CC(C)C(Nc1ccnc2ccccc12)C(N)=O. The molecule has 0 aliphatic rings. The first-order chi connectivity index (χ1) is 16.8. The highest BCUT2D eigenvalue weighted by Gasteiger charge is 2.19. The lowest BCUT2D eigenvalue weighted by molar-refractivity contribution is -0.119. The minimum atomic E-state index is -0.379. The van der Waals surface area contributed by atoms with Crippen LogP contribution in [0.2, 0.25) is 0 Å². The quantitative estimate of drug-likeness (QED) is 0.293. The van der Waals surface area contributed by atoms with E-state index in [1.807, 2.05) is 74.6 Å². The van der Waals surface area contributed by atoms with Gasteiger partial charge in [-0.2, -0.15) is 0 Å². The van der Waals surface area contributed by atoms with Crippen LogP contribution in [0.25, 0.3) is 21.8 Å². The molecule has 7 nitrogen and oxygen atoms in total. The molecular formula is C28H36N6O. The molecule has 4 rings (SSSR count). The molecule has 2 unspecified atom stereocenters. The summed E-state index contributed by atoms with van der Waals surface area (Å²) in [5.74, 6) is 0.298. The number of benzene rings is 2. The van der Waals surface area contributed by atoms with Crippen LogP contribution in [0.1, 0.15) is 27.7 Å². The lowest BCUT2D eigenvalue weighted by atomic mass is 10.0. The molecule has 0 saturated carbocycles. The number of nitrogens with two attached hydrogens (primary N) is 2. The Balaban J connectivity index is 0.000000196. The molecule has 0 spiro atoms. The smallest absolute Gasteiger partial charge is 0.240 e. The van der Waals surface area contributed by atoms with Crippen LogP contribution >= 0.6 is 0 Å². The van der Waals surface area contributed by atoms with Crippen LogP contribution in [-0.4, -0.2) is 34.5 Å². The van der Waals surface area contributed by atoms with E-state index in [2.05, 4.69) is 40.5 Å². The van der Waals surface area contributed by atoms with Gasteiger partial charge < -0.3 is 22.1 Å². The Morgan fingerprint density at radius 2 is 1.26 bits per heavy atom. The molecule has 2 atom stereocenters. The first-order valence-electron chi connectivity index (χ1n) is 12.0. The Kier molecular flexibility index (Phi) is 8.98. The summed E-state index contributed by atoms with van der Waals surface area (Å²) in [6, 6.07) is 19.7. The average molecular weight is 473 g/mol. The van der Waals surface area contributed by atoms with Crippen molar-refractivity contribution < 1.29 is 4.79 Å². The maximum Gasteiger partial charge on any atom is 0.240 e. The van der Waals surface area contributed by atoms with Gasteiger partial charge in [-0.15, -0.1) is 0 Å². The van der Waals surface area contributed by atoms with Crippen molar-refractivity contribution >= 4 is 39.1 Å². The first kappa shape index (κ1) is 25.9. The summed E-state index contributed by atoms with van der Waals surface area (Å²) in [6.45, 7) is 8.91. The predicted octanol–water partition coefficient (Wildman–Crippen LogP) is 4.79. The molecule has 7 heteroatoms. The monoisotopic (exact) mass is 472 g/mol. The molecule has 0 fully saturated rings. The number of amides is 1. The minimum absolute atomic E-state index is 0.134. The van der Waals surface area contributed by atoms with Gasteiger partial charge >= 0.3 is 0 Å². The van der Waals surface area contributed by atoms with Gasteiger partial charge in [-0.05, 0) is 36.1 Å². The van der Waals surface area contributed by atoms with Crippen LogP contribution in [0.5, 0.6) is 0 Å². The second kappa shape index (κ2) is 12.1. The van der Waals surface area contributed by atoms with Crippen molar-refractivity contribution in [3.05, 3.63) is 73.1 Å². The summed E-state index contributed by atoms with van der Waals surface area (Å²) in [4.78, 5) is 20.1. The zero-order valence-electron chi connectivity index (χ0n) is 20.9. The van der Waals surface area contributed by atoms with Gasteiger partial charge in [0, 0.05) is 47.1 Å². The summed E-state index contributed by atoms with van der Waals surface area (Å²) in [5, 5.41) is 8.85. The molecule has 0 aliphatic carbocycles. The van der Waals surface area contributed by atoms with Gasteiger partial charge in [0.05, 0.1) is 11.0 Å². The van der Waals surface area contributed by atoms with E-state index < -0.39 is 0 Å². The summed E-state index contributed by atoms with van der Waals surface area (Å²) in [5.41, 5.74) is 15.1. The van der Waals surface area contributed by atoms with Crippen LogP contribution in [0, 0.1) is 11.8 Å². The summed E-state index contributed by atoms with van der Waals surface area (Å²) >= 11 is 0. The molecule has 1 amide bonds. The fraction of sp³-hybridized carbons (Fsp3) is 0.321. The second-order valence-corrected chi connectivity index (χ2v) is 9.25. The van der Waals surface area contributed by atoms with Crippen molar-refractivity contribution in [1.29, 1.82) is 0 Å². The number of anilines is 2. The molecule has 2 aromatic heterocycles. The standard InChI is InChI=1S/C14H17N3O.C14H19N3/c1-9(2)13(14(15)18)17-12-7-8-16-11-6-4-3-5-10(11)12;1-10(2)14(9-15)17-13-7-8-16-12-6-4-3-5-11(12)13/h3-9,13H,1-2H3,(H2,15,18)(H,16,17);3-8,10,14H,9,15H2,1-2H3,(H,16,17). The number of para-hydroxylation sites is 2. The molecule has 2 aromatic carbocycles. The fourth-order valence-corrected chi connectivity index (χ4v) is 3.87. The highest BCUT2D eigenvalue weighted by Crippen LogP contribution is 2.24. The van der Waals surface area contributed by atoms with Gasteiger partial charge in [0.2, 0.25) is 5.91 Å². The average Bonchev–Trinajstić information content (AvgIpc) is 2.85. The molecule has 2 heterocycles. The van der Waals surface area contributed by atoms with E-state index in [0.29, 0.717) is 18.5 Å². The molecule has 0 bridgehead atoms. The Labute approximate surface area is 207 Å². The molecule has 0 aliphatic heterocycles. The zero-order valence-corrected chi connectivity index (χ0v) is 20.9. The van der Waals surface area contributed by atoms with Crippen molar-refractivity contribution in [2.75, 3.05) is 17.2 Å². The number of pyridine rings is 2. The number of carbonyl (C=O) groups is 1. The maximum atomic E-state index is 11.4. The number of hydrogen-bond donors (Lipinski definition) is 4. The van der Waals surface area contributed by atoms with E-state index in [4.69, 9.17) is 11.5 Å². The summed E-state index contributed by atoms with van der Waals surface area (Å²) in [6.07, 6.45) is 3.56.